The van der Waals surface area contributed by atoms with Gasteiger partial charge in [0.25, 0.3) is 0 Å². The van der Waals surface area contributed by atoms with E-state index in [0.717, 1.165) is 46.9 Å². The number of fused-ring (bicyclic) bond motifs is 2. The zero-order chi connectivity index (χ0) is 20.7. The van der Waals surface area contributed by atoms with Gasteiger partial charge >= 0.3 is 0 Å². The minimum absolute atomic E-state index is 0.352. The van der Waals surface area contributed by atoms with E-state index in [1.165, 1.54) is 16.3 Å². The monoisotopic (exact) mass is 462 g/mol. The topological polar surface area (TPSA) is 64.3 Å². The van der Waals surface area contributed by atoms with Crippen molar-refractivity contribution in [2.75, 3.05) is 24.3 Å². The van der Waals surface area contributed by atoms with Crippen molar-refractivity contribution >= 4 is 49.4 Å². The van der Waals surface area contributed by atoms with Gasteiger partial charge in [0.05, 0.1) is 12.6 Å². The third-order valence-corrected chi connectivity index (χ3v) is 6.55. The number of aromatic nitrogens is 2. The van der Waals surface area contributed by atoms with E-state index >= 15 is 0 Å². The Kier molecular flexibility index (Phi) is 4.95. The van der Waals surface area contributed by atoms with Crippen LogP contribution in [0.3, 0.4) is 0 Å². The zero-order valence-electron chi connectivity index (χ0n) is 16.8. The highest BCUT2D eigenvalue weighted by Crippen LogP contribution is 2.34. The van der Waals surface area contributed by atoms with Gasteiger partial charge in [0.15, 0.2) is 0 Å². The summed E-state index contributed by atoms with van der Waals surface area (Å²) < 4.78 is 6.21. The Morgan fingerprint density at radius 2 is 1.93 bits per heavy atom. The normalized spacial score (nSPS) is 16.5. The number of methoxy groups -OCH3 is 1. The minimum Gasteiger partial charge on any atom is -0.497 e. The van der Waals surface area contributed by atoms with Gasteiger partial charge < -0.3 is 15.4 Å². The number of anilines is 2. The smallest absolute Gasteiger partial charge is 0.228 e. The van der Waals surface area contributed by atoms with Crippen LogP contribution in [0.4, 0.5) is 11.8 Å². The van der Waals surface area contributed by atoms with Gasteiger partial charge in [-0.2, -0.15) is 4.98 Å². The van der Waals surface area contributed by atoms with Crippen molar-refractivity contribution in [3.05, 3.63) is 64.6 Å². The van der Waals surface area contributed by atoms with Crippen LogP contribution >= 0.6 is 15.9 Å². The van der Waals surface area contributed by atoms with E-state index in [0.29, 0.717) is 17.8 Å². The van der Waals surface area contributed by atoms with Gasteiger partial charge in [0, 0.05) is 22.4 Å². The van der Waals surface area contributed by atoms with Crippen molar-refractivity contribution in [3.63, 3.8) is 0 Å². The molecule has 5 nitrogen and oxygen atoms in total. The van der Waals surface area contributed by atoms with Gasteiger partial charge in [-0.1, -0.05) is 42.5 Å². The molecule has 0 amide bonds. The zero-order valence-corrected chi connectivity index (χ0v) is 18.4. The number of benzene rings is 3. The second-order valence-electron chi connectivity index (χ2n) is 7.75. The standard InChI is InChI=1S/C24H23BrN4O/c1-30-18-13-20-22(21(25)14-18)27-24(28-23(20)26)29-11-5-9-17(29)12-16-8-4-7-15-6-2-3-10-19(15)16/h2-4,6-8,10,13-14,17H,5,9,11-12H2,1H3,(H2,26,27,28). The fourth-order valence-electron chi connectivity index (χ4n) is 4.46. The molecular weight excluding hydrogens is 440 g/mol. The minimum atomic E-state index is 0.352. The Hall–Kier alpha value is -2.86. The van der Waals surface area contributed by atoms with Crippen molar-refractivity contribution < 1.29 is 4.74 Å². The lowest BCUT2D eigenvalue weighted by molar-refractivity contribution is 0.415. The summed E-state index contributed by atoms with van der Waals surface area (Å²) in [5, 5.41) is 3.40. The van der Waals surface area contributed by atoms with Crippen molar-refractivity contribution in [2.45, 2.75) is 25.3 Å². The third-order valence-electron chi connectivity index (χ3n) is 5.95. The number of halogens is 1. The van der Waals surface area contributed by atoms with Crippen molar-refractivity contribution in [2.24, 2.45) is 0 Å². The van der Waals surface area contributed by atoms with Crippen LogP contribution in [-0.2, 0) is 6.42 Å². The molecule has 152 valence electrons. The third kappa shape index (κ3) is 3.35. The molecule has 1 unspecified atom stereocenters. The molecule has 0 bridgehead atoms. The Bertz CT molecular complexity index is 1240. The lowest BCUT2D eigenvalue weighted by Gasteiger charge is -2.26. The first-order valence-corrected chi connectivity index (χ1v) is 11.0. The van der Waals surface area contributed by atoms with E-state index < -0.39 is 0 Å². The van der Waals surface area contributed by atoms with E-state index in [1.54, 1.807) is 7.11 Å². The second kappa shape index (κ2) is 7.76. The summed E-state index contributed by atoms with van der Waals surface area (Å²) in [5.74, 6) is 1.91. The number of nitrogens with two attached hydrogens (primary N) is 1. The number of nitrogen functional groups attached to an aromatic ring is 1. The van der Waals surface area contributed by atoms with Crippen LogP contribution in [-0.4, -0.2) is 29.7 Å². The Morgan fingerprint density at radius 3 is 2.80 bits per heavy atom. The van der Waals surface area contributed by atoms with Crippen LogP contribution in [0.25, 0.3) is 21.7 Å². The number of rotatable bonds is 4. The Labute approximate surface area is 184 Å². The molecule has 0 aliphatic carbocycles. The fourth-order valence-corrected chi connectivity index (χ4v) is 4.99. The molecular formula is C24H23BrN4O. The molecule has 1 fully saturated rings. The molecule has 0 saturated carbocycles. The molecule has 0 spiro atoms. The highest BCUT2D eigenvalue weighted by molar-refractivity contribution is 9.10. The van der Waals surface area contributed by atoms with Crippen LogP contribution in [0.5, 0.6) is 5.75 Å². The molecule has 5 rings (SSSR count). The summed E-state index contributed by atoms with van der Waals surface area (Å²) >= 11 is 3.62. The lowest BCUT2D eigenvalue weighted by Crippen LogP contribution is -2.32. The lowest BCUT2D eigenvalue weighted by atomic mass is 9.98. The molecule has 3 aromatic carbocycles. The van der Waals surface area contributed by atoms with Gasteiger partial charge in [0.2, 0.25) is 5.95 Å². The summed E-state index contributed by atoms with van der Waals surface area (Å²) in [6, 6.07) is 19.3. The SMILES string of the molecule is COc1cc(Br)c2nc(N3CCCC3Cc3cccc4ccccc34)nc(N)c2c1. The van der Waals surface area contributed by atoms with Gasteiger partial charge in [0.1, 0.15) is 11.6 Å². The van der Waals surface area contributed by atoms with Crippen LogP contribution in [0, 0.1) is 0 Å². The Morgan fingerprint density at radius 1 is 1.10 bits per heavy atom. The van der Waals surface area contributed by atoms with Gasteiger partial charge in [-0.05, 0) is 63.7 Å². The first-order chi connectivity index (χ1) is 14.6. The molecule has 30 heavy (non-hydrogen) atoms. The predicted molar refractivity (Wildman–Crippen MR) is 126 cm³/mol. The maximum atomic E-state index is 6.34. The van der Waals surface area contributed by atoms with Gasteiger partial charge in [-0.25, -0.2) is 4.98 Å². The van der Waals surface area contributed by atoms with E-state index in [4.69, 9.17) is 15.5 Å². The van der Waals surface area contributed by atoms with E-state index in [-0.39, 0.29) is 0 Å². The maximum absolute atomic E-state index is 6.34. The summed E-state index contributed by atoms with van der Waals surface area (Å²) in [5.41, 5.74) is 8.51. The van der Waals surface area contributed by atoms with Gasteiger partial charge in [-0.3, -0.25) is 0 Å². The van der Waals surface area contributed by atoms with E-state index in [1.807, 2.05) is 12.1 Å². The quantitative estimate of drug-likeness (QED) is 0.442. The highest BCUT2D eigenvalue weighted by Gasteiger charge is 2.28. The summed E-state index contributed by atoms with van der Waals surface area (Å²) in [6.07, 6.45) is 3.21. The molecule has 4 aromatic rings. The van der Waals surface area contributed by atoms with Crippen molar-refractivity contribution in [3.8, 4) is 5.75 Å². The average Bonchev–Trinajstić information content (AvgIpc) is 3.22. The number of hydrogen-bond donors (Lipinski definition) is 1. The molecule has 1 aromatic heterocycles. The molecule has 1 atom stereocenters. The first kappa shape index (κ1) is 19.1. The molecule has 2 heterocycles. The Balaban J connectivity index is 1.52. The van der Waals surface area contributed by atoms with Crippen molar-refractivity contribution in [1.29, 1.82) is 0 Å². The number of nitrogens with zero attached hydrogens (tertiary/aromatic N) is 3. The van der Waals surface area contributed by atoms with Crippen molar-refractivity contribution in [1.82, 2.24) is 9.97 Å². The average molecular weight is 463 g/mol. The second-order valence-corrected chi connectivity index (χ2v) is 8.60. The highest BCUT2D eigenvalue weighted by atomic mass is 79.9. The molecule has 0 radical (unpaired) electrons. The van der Waals surface area contributed by atoms with Crippen LogP contribution < -0.4 is 15.4 Å². The number of ether oxygens (including phenoxy) is 1. The molecule has 1 saturated heterocycles. The van der Waals surface area contributed by atoms with E-state index in [9.17, 15) is 0 Å². The van der Waals surface area contributed by atoms with E-state index in [2.05, 4.69) is 68.3 Å². The fraction of sp³-hybridized carbons (Fsp3) is 0.250. The van der Waals surface area contributed by atoms with Crippen LogP contribution in [0.2, 0.25) is 0 Å². The largest absolute Gasteiger partial charge is 0.497 e. The molecule has 6 heteroatoms. The summed E-state index contributed by atoms with van der Waals surface area (Å²) in [4.78, 5) is 11.9. The molecule has 1 aliphatic rings. The summed E-state index contributed by atoms with van der Waals surface area (Å²) in [6.45, 7) is 0.939. The maximum Gasteiger partial charge on any atom is 0.228 e. The van der Waals surface area contributed by atoms with Gasteiger partial charge in [-0.15, -0.1) is 0 Å². The number of hydrogen-bond acceptors (Lipinski definition) is 5. The van der Waals surface area contributed by atoms with Crippen LogP contribution in [0.1, 0.15) is 18.4 Å². The molecule has 2 N–H and O–H groups in total. The summed E-state index contributed by atoms with van der Waals surface area (Å²) in [7, 11) is 1.64. The predicted octanol–water partition coefficient (Wildman–Crippen LogP) is 5.35. The first-order valence-electron chi connectivity index (χ1n) is 10.2. The van der Waals surface area contributed by atoms with Crippen LogP contribution in [0.15, 0.2) is 59.1 Å². The molecule has 1 aliphatic heterocycles.